The Morgan fingerprint density at radius 2 is 1.10 bits per heavy atom. The Kier molecular flexibility index (Phi) is 39.9. The quantitative estimate of drug-likeness (QED) is 0.0164. The number of nitrogens with two attached hydrogens (primary N) is 3. The van der Waals surface area contributed by atoms with E-state index in [1.807, 2.05) is 0 Å². The summed E-state index contributed by atoms with van der Waals surface area (Å²) in [5, 5.41) is 117. The minimum atomic E-state index is -2.12. The fourth-order valence-electron chi connectivity index (χ4n) is 14.7. The van der Waals surface area contributed by atoms with Crippen LogP contribution in [0.4, 0.5) is 0 Å². The molecule has 6 rings (SSSR count). The highest BCUT2D eigenvalue weighted by Gasteiger charge is 2.54. The van der Waals surface area contributed by atoms with E-state index in [-0.39, 0.29) is 90.0 Å². The molecule has 0 radical (unpaired) electrons. The molecule has 0 saturated carbocycles. The SMILES string of the molecule is CNC(=O)CNC(=O)C1CCCN1C(=O)C(C)NC(=O)C1CCCN1C(=O)C(CCCN=C(N)N)NC(=O)C(NC(=O)C(CC(=O)O)NC(=O)C1CCCN1C(=O)C(C)NC(=O)C(CO)NC(=O)C(NC(=O)C(NC(=O)CNC(=O)C(N)Cc1cnc[nH]1)C(C)C)C(C)O[C@H]1O[C@H](CO)[C@@H](O)C(O[C@H]2O[C@H](CO)[C@@H](O)C(O)C2NC(C)=O)C1NC(C)=O)C(C)O. The van der Waals surface area contributed by atoms with Gasteiger partial charge >= 0.3 is 5.97 Å². The van der Waals surface area contributed by atoms with Gasteiger partial charge in [0, 0.05) is 65.4 Å². The molecule has 28 N–H and O–H groups in total. The number of likely N-dealkylation sites (N-methyl/N-ethyl adjacent to an activating group) is 1. The largest absolute Gasteiger partial charge is 0.481 e. The molecule has 51 nitrogen and oxygen atoms in total. The van der Waals surface area contributed by atoms with E-state index < -0.39 is 285 Å². The number of carboxylic acid groups (broad SMARTS) is 1. The summed E-state index contributed by atoms with van der Waals surface area (Å²) in [7, 11) is 1.38. The zero-order chi connectivity index (χ0) is 93.1. The maximum Gasteiger partial charge on any atom is 0.305 e. The number of aromatic amines is 1. The number of carboxylic acids is 1. The van der Waals surface area contributed by atoms with Gasteiger partial charge in [0.1, 0.15) is 115 Å². The molecule has 5 aliphatic rings. The number of amides is 16. The average molecular weight is 1780 g/mol. The molecule has 5 aliphatic heterocycles. The molecule has 1 aromatic rings. The molecular weight excluding hydrogens is 1660 g/mol. The number of likely N-dealkylation sites (tertiary alicyclic amines) is 3. The van der Waals surface area contributed by atoms with Crippen LogP contribution in [0.5, 0.6) is 0 Å². The monoisotopic (exact) mass is 1780 g/mol. The summed E-state index contributed by atoms with van der Waals surface area (Å²) in [4.78, 5) is 247. The minimum Gasteiger partial charge on any atom is -0.481 e. The number of aliphatic imine (C=N–C) groups is 1. The molecule has 24 atom stereocenters. The summed E-state index contributed by atoms with van der Waals surface area (Å²) in [6, 6.07) is -22.6. The van der Waals surface area contributed by atoms with Crippen molar-refractivity contribution in [3.8, 4) is 0 Å². The van der Waals surface area contributed by atoms with Crippen LogP contribution in [0.2, 0.25) is 0 Å². The molecule has 16 amide bonds. The summed E-state index contributed by atoms with van der Waals surface area (Å²) in [5.74, 6) is -18.1. The van der Waals surface area contributed by atoms with Crippen LogP contribution in [0.3, 0.4) is 0 Å². The van der Waals surface area contributed by atoms with Gasteiger partial charge in [0.05, 0.1) is 63.9 Å². The van der Waals surface area contributed by atoms with Crippen molar-refractivity contribution in [3.05, 3.63) is 18.2 Å². The van der Waals surface area contributed by atoms with E-state index in [1.54, 1.807) is 0 Å². The molecule has 5 saturated heterocycles. The third-order valence-electron chi connectivity index (χ3n) is 21.3. The highest BCUT2D eigenvalue weighted by atomic mass is 16.7. The molecule has 18 unspecified atom stereocenters. The molecule has 0 bridgehead atoms. The zero-order valence-corrected chi connectivity index (χ0v) is 70.6. The van der Waals surface area contributed by atoms with Crippen molar-refractivity contribution in [2.45, 2.75) is 266 Å². The molecule has 125 heavy (non-hydrogen) atoms. The Hall–Kier alpha value is -11.0. The van der Waals surface area contributed by atoms with Gasteiger partial charge < -0.3 is 166 Å². The number of aliphatic hydroxyl groups excluding tert-OH is 7. The maximum absolute atomic E-state index is 14.9. The second kappa shape index (κ2) is 48.5. The zero-order valence-electron chi connectivity index (χ0n) is 70.6. The van der Waals surface area contributed by atoms with Crippen molar-refractivity contribution < 1.29 is 141 Å². The number of guanidine groups is 1. The molecule has 6 heterocycles. The predicted octanol–water partition coefficient (Wildman–Crippen LogP) is -14.0. The van der Waals surface area contributed by atoms with Gasteiger partial charge in [-0.25, -0.2) is 4.98 Å². The number of carbonyl (C=O) groups is 17. The third-order valence-corrected chi connectivity index (χ3v) is 21.3. The number of aliphatic carboxylic acids is 1. The lowest BCUT2D eigenvalue weighted by molar-refractivity contribution is -0.332. The Bertz CT molecular complexity index is 3970. The molecule has 0 aromatic carbocycles. The third kappa shape index (κ3) is 29.0. The average Bonchev–Trinajstić information content (AvgIpc) is 1.67. The van der Waals surface area contributed by atoms with Gasteiger partial charge in [0.2, 0.25) is 94.5 Å². The molecule has 0 aliphatic carbocycles. The fraction of sp³-hybridized carbons (Fsp3) is 0.716. The lowest BCUT2D eigenvalue weighted by Crippen LogP contribution is -2.70. The number of hydrogen-bond donors (Lipinski definition) is 25. The van der Waals surface area contributed by atoms with E-state index in [9.17, 15) is 122 Å². The molecule has 700 valence electrons. The van der Waals surface area contributed by atoms with E-state index in [1.165, 1.54) is 45.2 Å². The maximum atomic E-state index is 14.9. The molecule has 51 heteroatoms. The molecule has 0 spiro atoms. The van der Waals surface area contributed by atoms with E-state index in [2.05, 4.69) is 84.1 Å². The van der Waals surface area contributed by atoms with E-state index in [0.717, 1.165) is 44.4 Å². The van der Waals surface area contributed by atoms with Crippen molar-refractivity contribution in [1.82, 2.24) is 93.8 Å². The van der Waals surface area contributed by atoms with Crippen molar-refractivity contribution >= 4 is 106 Å². The van der Waals surface area contributed by atoms with Gasteiger partial charge in [-0.05, 0) is 85.0 Å². The van der Waals surface area contributed by atoms with Crippen molar-refractivity contribution in [3.63, 3.8) is 0 Å². The van der Waals surface area contributed by atoms with Gasteiger partial charge in [-0.15, -0.1) is 0 Å². The summed E-state index contributed by atoms with van der Waals surface area (Å²) >= 11 is 0. The second-order valence-corrected chi connectivity index (χ2v) is 31.3. The number of H-pyrrole nitrogens is 1. The summed E-state index contributed by atoms with van der Waals surface area (Å²) in [6.07, 6.45) is -16.0. The highest BCUT2D eigenvalue weighted by Crippen LogP contribution is 2.32. The lowest BCUT2D eigenvalue weighted by Gasteiger charge is -2.48. The molecular formula is C74H120N22O29. The van der Waals surface area contributed by atoms with Crippen LogP contribution in [-0.2, 0) is 107 Å². The minimum absolute atomic E-state index is 0.0107. The van der Waals surface area contributed by atoms with Crippen LogP contribution in [-0.4, -0.2) is 384 Å². The normalized spacial score (nSPS) is 24.9. The summed E-state index contributed by atoms with van der Waals surface area (Å²) < 4.78 is 24.1. The first-order chi connectivity index (χ1) is 59.0. The van der Waals surface area contributed by atoms with Gasteiger partial charge in [-0.1, -0.05) is 13.8 Å². The lowest BCUT2D eigenvalue weighted by atomic mass is 9.94. The topological polar surface area (TPSA) is 774 Å². The van der Waals surface area contributed by atoms with Crippen molar-refractivity contribution in [1.29, 1.82) is 0 Å². The van der Waals surface area contributed by atoms with E-state index >= 15 is 0 Å². The smallest absolute Gasteiger partial charge is 0.305 e. The van der Waals surface area contributed by atoms with Crippen LogP contribution in [0.15, 0.2) is 17.5 Å². The van der Waals surface area contributed by atoms with Crippen LogP contribution in [0, 0.1) is 5.92 Å². The molecule has 5 fully saturated rings. The number of carbonyl (C=O) groups excluding carboxylic acids is 16. The highest BCUT2D eigenvalue weighted by molar-refractivity contribution is 6.01. The number of imidazole rings is 1. The number of rotatable bonds is 44. The summed E-state index contributed by atoms with van der Waals surface area (Å²) in [5.41, 5.74) is 17.6. The van der Waals surface area contributed by atoms with E-state index in [4.69, 9.17) is 36.1 Å². The number of hydrogen-bond acceptors (Lipinski definition) is 31. The number of ether oxygens (including phenoxy) is 4. The summed E-state index contributed by atoms with van der Waals surface area (Å²) in [6.45, 7) is 5.22. The number of nitrogens with zero attached hydrogens (tertiary/aromatic N) is 5. The van der Waals surface area contributed by atoms with E-state index in [0.29, 0.717) is 12.1 Å². The Morgan fingerprint density at radius 1 is 0.584 bits per heavy atom. The Balaban J connectivity index is 1.18. The number of aromatic nitrogens is 2. The standard InChI is InChI=1S/C74H120N22O29/c1-31(2)51(91-49(104)26-81-60(110)39(75)22-38-24-79-30-83-38)66(116)93-53(35(6)122-73-55(87-37(8)102)59(57(108)47(29-99)124-73)125-72-54(86-36(7)101)58(109)56(107)46(28-98)123-72)68(118)90-42(27-97)62(112)84-32(3)69(119)95-20-12-17-45(95)65(115)89-41(23-50(105)106)61(111)92-52(34(5)100)67(117)88-40(14-10-18-80-74(76)77)71(121)96-21-13-16-44(96)64(114)85-33(4)70(120)94-19-11-15-43(94)63(113)82-25-48(103)78-9/h24,30-35,39-47,51-59,72-73,97-100,107-109H,10-23,25-29,75H2,1-9H3,(H,78,103)(H,79,83)(H,81,110)(H,82,113)(H,84,112)(H,85,114)(H,86,101)(H,87,102)(H,88,117)(H,89,115)(H,90,118)(H,91,104)(H,92,111)(H,93,116)(H,105,106)(H4,76,77,80)/t32?,33?,34?,35?,39?,40?,41?,42?,43?,44?,45?,46-,47-,51?,52?,53?,54?,55?,56-,57-,58?,59?,72-,73+/m1/s1. The fourth-order valence-corrected chi connectivity index (χ4v) is 14.7. The van der Waals surface area contributed by atoms with Gasteiger partial charge in [-0.2, -0.15) is 0 Å². The van der Waals surface area contributed by atoms with Gasteiger partial charge in [0.15, 0.2) is 18.5 Å². The number of nitrogens with one attached hydrogen (secondary N) is 14. The van der Waals surface area contributed by atoms with Gasteiger partial charge in [0.25, 0.3) is 0 Å². The first-order valence-corrected chi connectivity index (χ1v) is 40.8. The van der Waals surface area contributed by atoms with Crippen LogP contribution in [0.25, 0.3) is 0 Å². The first-order valence-electron chi connectivity index (χ1n) is 40.8. The molecule has 1 aromatic heterocycles. The van der Waals surface area contributed by atoms with Crippen LogP contribution in [0.1, 0.15) is 119 Å². The van der Waals surface area contributed by atoms with Crippen LogP contribution < -0.4 is 86.3 Å². The van der Waals surface area contributed by atoms with Crippen molar-refractivity contribution in [2.24, 2.45) is 28.1 Å². The number of aliphatic hydroxyl groups is 7. The van der Waals surface area contributed by atoms with Crippen molar-refractivity contribution in [2.75, 3.05) is 66.1 Å². The second-order valence-electron chi connectivity index (χ2n) is 31.3. The first kappa shape index (κ1) is 103. The Morgan fingerprint density at radius 3 is 1.63 bits per heavy atom. The predicted molar refractivity (Wildman–Crippen MR) is 427 cm³/mol. The van der Waals surface area contributed by atoms with Crippen LogP contribution >= 0.6 is 0 Å². The Labute approximate surface area is 717 Å². The van der Waals surface area contributed by atoms with Gasteiger partial charge in [-0.3, -0.25) is 86.5 Å².